The Morgan fingerprint density at radius 2 is 1.75 bits per heavy atom. The van der Waals surface area contributed by atoms with E-state index in [0.717, 1.165) is 23.7 Å². The van der Waals surface area contributed by atoms with Crippen LogP contribution in [-0.2, 0) is 10.5 Å². The van der Waals surface area contributed by atoms with E-state index < -0.39 is 0 Å². The van der Waals surface area contributed by atoms with Gasteiger partial charge in [0.15, 0.2) is 5.82 Å². The van der Waals surface area contributed by atoms with E-state index >= 15 is 0 Å². The lowest BCUT2D eigenvalue weighted by Gasteiger charge is -2.36. The van der Waals surface area contributed by atoms with Gasteiger partial charge in [0.05, 0.1) is 17.9 Å². The number of aromatic nitrogens is 2. The van der Waals surface area contributed by atoms with E-state index in [2.05, 4.69) is 32.5 Å². The summed E-state index contributed by atoms with van der Waals surface area (Å²) < 4.78 is 4.99. The maximum atomic E-state index is 12.8. The summed E-state index contributed by atoms with van der Waals surface area (Å²) in [6.45, 7) is 4.55. The summed E-state index contributed by atoms with van der Waals surface area (Å²) in [5, 5.41) is 6.65. The van der Waals surface area contributed by atoms with Gasteiger partial charge in [-0.1, -0.05) is 35.5 Å². The Morgan fingerprint density at radius 1 is 1.03 bits per heavy atom. The molecule has 0 saturated carbocycles. The molecule has 2 aromatic carbocycles. The van der Waals surface area contributed by atoms with E-state index in [1.54, 1.807) is 17.9 Å². The van der Waals surface area contributed by atoms with Crippen LogP contribution in [0.5, 0.6) is 0 Å². The maximum absolute atomic E-state index is 12.8. The summed E-state index contributed by atoms with van der Waals surface area (Å²) in [5.74, 6) is 1.24. The van der Waals surface area contributed by atoms with Crippen molar-refractivity contribution in [3.05, 3.63) is 71.9 Å². The molecule has 8 nitrogen and oxygen atoms in total. The van der Waals surface area contributed by atoms with Gasteiger partial charge >= 0.3 is 0 Å². The van der Waals surface area contributed by atoms with Crippen LogP contribution in [-0.4, -0.2) is 59.6 Å². The number of para-hydroxylation sites is 1. The molecule has 0 unspecified atom stereocenters. The van der Waals surface area contributed by atoms with Crippen LogP contribution in [0.15, 0.2) is 64.0 Å². The number of piperazine rings is 1. The first kappa shape index (κ1) is 21.9. The van der Waals surface area contributed by atoms with Gasteiger partial charge in [-0.25, -0.2) is 0 Å². The molecule has 1 fully saturated rings. The SMILES string of the molecule is Cc1nc(CSc2ccccc2C(=O)NCC(=O)N2CCN(c3ccccc3)CC2)no1. The summed E-state index contributed by atoms with van der Waals surface area (Å²) in [6.07, 6.45) is 0. The molecule has 1 aliphatic rings. The zero-order valence-corrected chi connectivity index (χ0v) is 18.7. The van der Waals surface area contributed by atoms with Gasteiger partial charge in [-0.05, 0) is 24.3 Å². The first-order valence-corrected chi connectivity index (χ1v) is 11.5. The average Bonchev–Trinajstić information content (AvgIpc) is 3.27. The number of hydrogen-bond acceptors (Lipinski definition) is 7. The van der Waals surface area contributed by atoms with Crippen molar-refractivity contribution in [1.29, 1.82) is 0 Å². The summed E-state index contributed by atoms with van der Waals surface area (Å²) in [4.78, 5) is 34.4. The van der Waals surface area contributed by atoms with Gasteiger partial charge in [-0.2, -0.15) is 4.98 Å². The highest BCUT2D eigenvalue weighted by Gasteiger charge is 2.22. The Hall–Kier alpha value is -3.33. The quantitative estimate of drug-likeness (QED) is 0.552. The van der Waals surface area contributed by atoms with Crippen LogP contribution in [0.1, 0.15) is 22.1 Å². The predicted molar refractivity (Wildman–Crippen MR) is 123 cm³/mol. The van der Waals surface area contributed by atoms with Crippen LogP contribution in [0.25, 0.3) is 0 Å². The van der Waals surface area contributed by atoms with E-state index in [1.165, 1.54) is 11.8 Å². The smallest absolute Gasteiger partial charge is 0.252 e. The molecule has 2 heterocycles. The third kappa shape index (κ3) is 5.47. The van der Waals surface area contributed by atoms with Crippen molar-refractivity contribution in [2.75, 3.05) is 37.6 Å². The number of amides is 2. The van der Waals surface area contributed by atoms with Crippen molar-refractivity contribution in [2.45, 2.75) is 17.6 Å². The zero-order chi connectivity index (χ0) is 22.3. The van der Waals surface area contributed by atoms with Crippen LogP contribution >= 0.6 is 11.8 Å². The van der Waals surface area contributed by atoms with Crippen molar-refractivity contribution in [2.24, 2.45) is 0 Å². The van der Waals surface area contributed by atoms with E-state index in [0.29, 0.717) is 36.1 Å². The molecule has 0 atom stereocenters. The van der Waals surface area contributed by atoms with E-state index in [1.807, 2.05) is 36.4 Å². The number of carbonyl (C=O) groups is 2. The topological polar surface area (TPSA) is 91.6 Å². The number of nitrogens with one attached hydrogen (secondary N) is 1. The van der Waals surface area contributed by atoms with Gasteiger partial charge in [0.2, 0.25) is 11.8 Å². The first-order chi connectivity index (χ1) is 15.6. The Kier molecular flexibility index (Phi) is 7.06. The van der Waals surface area contributed by atoms with Crippen LogP contribution in [0.3, 0.4) is 0 Å². The number of anilines is 1. The molecule has 2 amide bonds. The molecule has 1 N–H and O–H groups in total. The average molecular weight is 452 g/mol. The normalized spacial score (nSPS) is 13.8. The monoisotopic (exact) mass is 451 g/mol. The molecular weight excluding hydrogens is 426 g/mol. The predicted octanol–water partition coefficient (Wildman–Crippen LogP) is 2.75. The number of carbonyl (C=O) groups excluding carboxylic acids is 2. The van der Waals surface area contributed by atoms with Crippen molar-refractivity contribution >= 4 is 29.3 Å². The molecule has 0 radical (unpaired) electrons. The van der Waals surface area contributed by atoms with Crippen LogP contribution in [0.4, 0.5) is 5.69 Å². The minimum atomic E-state index is -0.270. The van der Waals surface area contributed by atoms with E-state index in [-0.39, 0.29) is 18.4 Å². The van der Waals surface area contributed by atoms with Gasteiger partial charge in [0, 0.05) is 43.7 Å². The van der Waals surface area contributed by atoms with Crippen molar-refractivity contribution in [3.63, 3.8) is 0 Å². The number of rotatable bonds is 7. The third-order valence-electron chi connectivity index (χ3n) is 5.21. The highest BCUT2D eigenvalue weighted by molar-refractivity contribution is 7.98. The fourth-order valence-corrected chi connectivity index (χ4v) is 4.43. The molecule has 1 aromatic heterocycles. The largest absolute Gasteiger partial charge is 0.368 e. The van der Waals surface area contributed by atoms with Crippen LogP contribution < -0.4 is 10.2 Å². The number of thioether (sulfide) groups is 1. The molecular formula is C23H25N5O3S. The van der Waals surface area contributed by atoms with E-state index in [4.69, 9.17) is 4.52 Å². The van der Waals surface area contributed by atoms with Crippen LogP contribution in [0, 0.1) is 6.92 Å². The molecule has 0 aliphatic carbocycles. The fraction of sp³-hybridized carbons (Fsp3) is 0.304. The maximum Gasteiger partial charge on any atom is 0.252 e. The van der Waals surface area contributed by atoms with Gasteiger partial charge < -0.3 is 19.6 Å². The number of benzene rings is 2. The standard InChI is InChI=1S/C23H25N5O3S/c1-17-25-21(26-31-17)16-32-20-10-6-5-9-19(20)23(30)24-15-22(29)28-13-11-27(12-14-28)18-7-3-2-4-8-18/h2-10H,11-16H2,1H3,(H,24,30). The van der Waals surface area contributed by atoms with Gasteiger partial charge in [0.1, 0.15) is 0 Å². The molecule has 9 heteroatoms. The Bertz CT molecular complexity index is 1060. The Morgan fingerprint density at radius 3 is 2.47 bits per heavy atom. The second kappa shape index (κ2) is 10.3. The number of aryl methyl sites for hydroxylation is 1. The molecule has 0 bridgehead atoms. The summed E-state index contributed by atoms with van der Waals surface area (Å²) >= 11 is 1.46. The van der Waals surface area contributed by atoms with Gasteiger partial charge in [-0.15, -0.1) is 11.8 Å². The minimum absolute atomic E-state index is 0.0206. The van der Waals surface area contributed by atoms with Crippen molar-refractivity contribution in [3.8, 4) is 0 Å². The van der Waals surface area contributed by atoms with E-state index in [9.17, 15) is 9.59 Å². The summed E-state index contributed by atoms with van der Waals surface area (Å²) in [5.41, 5.74) is 1.69. The molecule has 1 saturated heterocycles. The lowest BCUT2D eigenvalue weighted by molar-refractivity contribution is -0.130. The van der Waals surface area contributed by atoms with Crippen molar-refractivity contribution in [1.82, 2.24) is 20.4 Å². The number of nitrogens with zero attached hydrogens (tertiary/aromatic N) is 4. The highest BCUT2D eigenvalue weighted by Crippen LogP contribution is 2.25. The molecule has 1 aliphatic heterocycles. The van der Waals surface area contributed by atoms with Gasteiger partial charge in [-0.3, -0.25) is 9.59 Å². The van der Waals surface area contributed by atoms with Crippen molar-refractivity contribution < 1.29 is 14.1 Å². The lowest BCUT2D eigenvalue weighted by Crippen LogP contribution is -2.51. The highest BCUT2D eigenvalue weighted by atomic mass is 32.2. The molecule has 4 rings (SSSR count). The zero-order valence-electron chi connectivity index (χ0n) is 17.9. The molecule has 32 heavy (non-hydrogen) atoms. The second-order valence-electron chi connectivity index (χ2n) is 7.40. The lowest BCUT2D eigenvalue weighted by atomic mass is 10.2. The van der Waals surface area contributed by atoms with Crippen LogP contribution in [0.2, 0.25) is 0 Å². The fourth-order valence-electron chi connectivity index (χ4n) is 3.54. The van der Waals surface area contributed by atoms with Gasteiger partial charge in [0.25, 0.3) is 5.91 Å². The minimum Gasteiger partial charge on any atom is -0.368 e. The molecule has 3 aromatic rings. The Balaban J connectivity index is 1.28. The molecule has 166 valence electrons. The Labute approximate surface area is 191 Å². The second-order valence-corrected chi connectivity index (χ2v) is 8.42. The number of hydrogen-bond donors (Lipinski definition) is 1. The summed E-state index contributed by atoms with van der Waals surface area (Å²) in [6, 6.07) is 17.5. The molecule has 0 spiro atoms. The third-order valence-corrected chi connectivity index (χ3v) is 6.28. The summed E-state index contributed by atoms with van der Waals surface area (Å²) in [7, 11) is 0. The first-order valence-electron chi connectivity index (χ1n) is 10.5.